The fraction of sp³-hybridized carbons (Fsp3) is 0.400. The first-order valence-corrected chi connectivity index (χ1v) is 9.26. The van der Waals surface area contributed by atoms with Crippen molar-refractivity contribution < 1.29 is 9.59 Å². The second-order valence-corrected chi connectivity index (χ2v) is 6.60. The Hall–Kier alpha value is -2.96. The number of carbonyl (C=O) groups is 2. The predicted octanol–water partition coefficient (Wildman–Crippen LogP) is 2.02. The summed E-state index contributed by atoms with van der Waals surface area (Å²) in [6.07, 6.45) is 4.11. The van der Waals surface area contributed by atoms with Crippen molar-refractivity contribution in [2.45, 2.75) is 26.7 Å². The van der Waals surface area contributed by atoms with Crippen molar-refractivity contribution in [1.29, 1.82) is 0 Å². The number of nitrogens with one attached hydrogen (secondary N) is 1. The van der Waals surface area contributed by atoms with Gasteiger partial charge in [-0.1, -0.05) is 25.1 Å². The first kappa shape index (κ1) is 18.8. The number of benzene rings is 1. The number of nitrogens with zero attached hydrogens (tertiary/aromatic N) is 4. The molecule has 1 N–H and O–H groups in total. The van der Waals surface area contributed by atoms with Crippen molar-refractivity contribution in [1.82, 2.24) is 14.9 Å². The Balaban J connectivity index is 1.53. The lowest BCUT2D eigenvalue weighted by Crippen LogP contribution is -2.49. The third-order valence-electron chi connectivity index (χ3n) is 4.78. The molecule has 1 aliphatic rings. The van der Waals surface area contributed by atoms with Gasteiger partial charge in [-0.15, -0.1) is 0 Å². The average Bonchev–Trinajstić information content (AvgIpc) is 2.70. The number of amides is 2. The molecule has 1 aliphatic heterocycles. The molecule has 0 bridgehead atoms. The fourth-order valence-electron chi connectivity index (χ4n) is 3.25. The van der Waals surface area contributed by atoms with Crippen LogP contribution in [-0.4, -0.2) is 52.9 Å². The van der Waals surface area contributed by atoms with E-state index in [0.29, 0.717) is 32.1 Å². The highest BCUT2D eigenvalue weighted by Crippen LogP contribution is 2.21. The molecule has 0 unspecified atom stereocenters. The van der Waals surface area contributed by atoms with Crippen LogP contribution in [0.5, 0.6) is 0 Å². The smallest absolute Gasteiger partial charge is 0.233 e. The number of piperazine rings is 1. The molecule has 7 heteroatoms. The highest BCUT2D eigenvalue weighted by Gasteiger charge is 2.24. The van der Waals surface area contributed by atoms with E-state index in [-0.39, 0.29) is 18.2 Å². The summed E-state index contributed by atoms with van der Waals surface area (Å²) in [5.41, 5.74) is 2.91. The van der Waals surface area contributed by atoms with E-state index < -0.39 is 0 Å². The average molecular weight is 367 g/mol. The molecule has 0 atom stereocenters. The van der Waals surface area contributed by atoms with Crippen LogP contribution in [0.2, 0.25) is 0 Å². The molecule has 7 nitrogen and oxygen atoms in total. The van der Waals surface area contributed by atoms with Crippen LogP contribution < -0.4 is 10.2 Å². The van der Waals surface area contributed by atoms with Gasteiger partial charge in [-0.2, -0.15) is 0 Å². The predicted molar refractivity (Wildman–Crippen MR) is 105 cm³/mol. The first-order valence-electron chi connectivity index (χ1n) is 9.26. The molecule has 1 fully saturated rings. The van der Waals surface area contributed by atoms with Gasteiger partial charge in [-0.05, 0) is 30.5 Å². The number of carbonyl (C=O) groups excluding carboxylic acids is 2. The van der Waals surface area contributed by atoms with Crippen LogP contribution in [-0.2, 0) is 16.0 Å². The lowest BCUT2D eigenvalue weighted by Gasteiger charge is -2.34. The molecule has 1 saturated heterocycles. The summed E-state index contributed by atoms with van der Waals surface area (Å²) in [5, 5.41) is 2.92. The minimum atomic E-state index is -0.266. The maximum atomic E-state index is 12.5. The molecule has 0 radical (unpaired) electrons. The molecule has 0 spiro atoms. The molecule has 3 rings (SSSR count). The van der Waals surface area contributed by atoms with Crippen molar-refractivity contribution >= 4 is 23.5 Å². The summed E-state index contributed by atoms with van der Waals surface area (Å²) in [5.74, 6) is 0.263. The van der Waals surface area contributed by atoms with Crippen molar-refractivity contribution in [2.75, 3.05) is 36.4 Å². The Morgan fingerprint density at radius 1 is 1.07 bits per heavy atom. The van der Waals surface area contributed by atoms with Crippen molar-refractivity contribution in [3.8, 4) is 0 Å². The van der Waals surface area contributed by atoms with E-state index >= 15 is 0 Å². The Bertz CT molecular complexity index is 801. The van der Waals surface area contributed by atoms with Crippen LogP contribution >= 0.6 is 0 Å². The number of anilines is 2. The molecule has 1 aromatic carbocycles. The summed E-state index contributed by atoms with van der Waals surface area (Å²) >= 11 is 0. The van der Waals surface area contributed by atoms with Crippen molar-refractivity contribution in [3.05, 3.63) is 47.8 Å². The number of para-hydroxylation sites is 1. The van der Waals surface area contributed by atoms with E-state index in [0.717, 1.165) is 23.2 Å². The third kappa shape index (κ3) is 4.61. The van der Waals surface area contributed by atoms with Gasteiger partial charge >= 0.3 is 0 Å². The van der Waals surface area contributed by atoms with E-state index in [9.17, 15) is 9.59 Å². The molecular weight excluding hydrogens is 342 g/mol. The summed E-state index contributed by atoms with van der Waals surface area (Å²) in [4.78, 5) is 37.1. The maximum absolute atomic E-state index is 12.5. The molecule has 142 valence electrons. The van der Waals surface area contributed by atoms with E-state index in [1.807, 2.05) is 36.9 Å². The SMILES string of the molecule is CCc1cccc(C)c1NC(=O)CC(=O)N1CCN(c2ncccn2)CC1. The Morgan fingerprint density at radius 3 is 2.44 bits per heavy atom. The number of aromatic nitrogens is 2. The van der Waals surface area contributed by atoms with E-state index in [1.54, 1.807) is 23.4 Å². The van der Waals surface area contributed by atoms with E-state index in [4.69, 9.17) is 0 Å². The quantitative estimate of drug-likeness (QED) is 0.818. The Morgan fingerprint density at radius 2 is 1.78 bits per heavy atom. The van der Waals surface area contributed by atoms with Gasteiger partial charge < -0.3 is 15.1 Å². The van der Waals surface area contributed by atoms with Crippen LogP contribution in [0.25, 0.3) is 0 Å². The van der Waals surface area contributed by atoms with Gasteiger partial charge in [0.15, 0.2) is 0 Å². The maximum Gasteiger partial charge on any atom is 0.233 e. The van der Waals surface area contributed by atoms with E-state index in [2.05, 4.69) is 15.3 Å². The first-order chi connectivity index (χ1) is 13.1. The van der Waals surface area contributed by atoms with Gasteiger partial charge in [-0.25, -0.2) is 9.97 Å². The van der Waals surface area contributed by atoms with Crippen LogP contribution in [0, 0.1) is 6.92 Å². The van der Waals surface area contributed by atoms with Crippen LogP contribution in [0.15, 0.2) is 36.7 Å². The highest BCUT2D eigenvalue weighted by molar-refractivity contribution is 6.04. The minimum Gasteiger partial charge on any atom is -0.339 e. The largest absolute Gasteiger partial charge is 0.339 e. The normalized spacial score (nSPS) is 14.1. The fourth-order valence-corrected chi connectivity index (χ4v) is 3.25. The molecule has 2 heterocycles. The highest BCUT2D eigenvalue weighted by atomic mass is 16.2. The van der Waals surface area contributed by atoms with Crippen molar-refractivity contribution in [2.24, 2.45) is 0 Å². The molecule has 2 amide bonds. The summed E-state index contributed by atoms with van der Waals surface area (Å²) < 4.78 is 0. The molecule has 0 saturated carbocycles. The van der Waals surface area contributed by atoms with Crippen LogP contribution in [0.3, 0.4) is 0 Å². The Labute approximate surface area is 159 Å². The molecule has 1 aromatic heterocycles. The molecule has 2 aromatic rings. The van der Waals surface area contributed by atoms with Gasteiger partial charge in [0.1, 0.15) is 6.42 Å². The second kappa shape index (κ2) is 8.62. The number of rotatable bonds is 5. The van der Waals surface area contributed by atoms with Gasteiger partial charge in [0.25, 0.3) is 0 Å². The van der Waals surface area contributed by atoms with Gasteiger partial charge in [-0.3, -0.25) is 9.59 Å². The van der Waals surface area contributed by atoms with Crippen LogP contribution in [0.4, 0.5) is 11.6 Å². The molecule has 0 aliphatic carbocycles. The van der Waals surface area contributed by atoms with Crippen LogP contribution in [0.1, 0.15) is 24.5 Å². The van der Waals surface area contributed by atoms with Crippen molar-refractivity contribution in [3.63, 3.8) is 0 Å². The Kier molecular flexibility index (Phi) is 6.01. The zero-order chi connectivity index (χ0) is 19.2. The topological polar surface area (TPSA) is 78.4 Å². The number of hydrogen-bond donors (Lipinski definition) is 1. The number of hydrogen-bond acceptors (Lipinski definition) is 5. The zero-order valence-corrected chi connectivity index (χ0v) is 15.8. The number of aryl methyl sites for hydroxylation is 2. The molecular formula is C20H25N5O2. The standard InChI is InChI=1S/C20H25N5O2/c1-3-16-7-4-6-15(2)19(16)23-17(26)14-18(27)24-10-12-25(13-11-24)20-21-8-5-9-22-20/h4-9H,3,10-14H2,1-2H3,(H,23,26). The minimum absolute atomic E-state index is 0.140. The zero-order valence-electron chi connectivity index (χ0n) is 15.8. The van der Waals surface area contributed by atoms with Gasteiger partial charge in [0.2, 0.25) is 17.8 Å². The lowest BCUT2D eigenvalue weighted by atomic mass is 10.1. The lowest BCUT2D eigenvalue weighted by molar-refractivity contribution is -0.134. The van der Waals surface area contributed by atoms with E-state index in [1.165, 1.54) is 0 Å². The second-order valence-electron chi connectivity index (χ2n) is 6.60. The van der Waals surface area contributed by atoms with Gasteiger partial charge in [0.05, 0.1) is 0 Å². The summed E-state index contributed by atoms with van der Waals surface area (Å²) in [6.45, 7) is 6.46. The third-order valence-corrected chi connectivity index (χ3v) is 4.78. The molecule has 27 heavy (non-hydrogen) atoms. The summed E-state index contributed by atoms with van der Waals surface area (Å²) in [6, 6.07) is 7.71. The summed E-state index contributed by atoms with van der Waals surface area (Å²) in [7, 11) is 0. The van der Waals surface area contributed by atoms with Gasteiger partial charge in [0, 0.05) is 44.3 Å². The monoisotopic (exact) mass is 367 g/mol.